The Hall–Kier alpha value is -0.870. The van der Waals surface area contributed by atoms with Crippen LogP contribution in [-0.2, 0) is 17.8 Å². The summed E-state index contributed by atoms with van der Waals surface area (Å²) in [5.74, 6) is 0.905. The van der Waals surface area contributed by atoms with Crippen LogP contribution in [0.1, 0.15) is 26.6 Å². The van der Waals surface area contributed by atoms with Crippen molar-refractivity contribution in [3.63, 3.8) is 0 Å². The smallest absolute Gasteiger partial charge is 0.122 e. The van der Waals surface area contributed by atoms with Gasteiger partial charge in [0.1, 0.15) is 5.82 Å². The summed E-state index contributed by atoms with van der Waals surface area (Å²) in [5, 5.41) is 0. The Bertz CT molecular complexity index is 275. The number of rotatable bonds is 4. The average Bonchev–Trinajstić information content (AvgIpc) is 2.49. The fourth-order valence-electron chi connectivity index (χ4n) is 1.18. The Morgan fingerprint density at radius 3 is 2.79 bits per heavy atom. The highest BCUT2D eigenvalue weighted by atomic mass is 16.5. The summed E-state index contributed by atoms with van der Waals surface area (Å²) < 4.78 is 7.63. The Labute approximate surface area is 85.1 Å². The van der Waals surface area contributed by atoms with Gasteiger partial charge in [-0.15, -0.1) is 0 Å². The molecular formula is C10H19N3O. The molecule has 4 heteroatoms. The van der Waals surface area contributed by atoms with Gasteiger partial charge in [0.2, 0.25) is 0 Å². The van der Waals surface area contributed by atoms with Gasteiger partial charge in [-0.1, -0.05) is 0 Å². The standard InChI is InChI=1S/C10H19N3O/c1-10(2,3)14-7-6-13-5-4-12-9(13)8-11/h4-5H,6-8,11H2,1-3H3. The summed E-state index contributed by atoms with van der Waals surface area (Å²) in [6.45, 7) is 8.11. The van der Waals surface area contributed by atoms with Gasteiger partial charge < -0.3 is 15.0 Å². The zero-order valence-corrected chi connectivity index (χ0v) is 9.16. The minimum Gasteiger partial charge on any atom is -0.374 e. The molecule has 0 unspecified atom stereocenters. The molecule has 0 aliphatic heterocycles. The van der Waals surface area contributed by atoms with Crippen LogP contribution in [0.15, 0.2) is 12.4 Å². The highest BCUT2D eigenvalue weighted by Crippen LogP contribution is 2.06. The minimum absolute atomic E-state index is 0.0799. The average molecular weight is 197 g/mol. The Morgan fingerprint density at radius 1 is 1.50 bits per heavy atom. The molecule has 0 fully saturated rings. The van der Waals surface area contributed by atoms with Crippen LogP contribution in [-0.4, -0.2) is 21.8 Å². The highest BCUT2D eigenvalue weighted by Gasteiger charge is 2.09. The van der Waals surface area contributed by atoms with Crippen molar-refractivity contribution in [2.75, 3.05) is 6.61 Å². The van der Waals surface area contributed by atoms with E-state index in [1.165, 1.54) is 0 Å². The molecule has 14 heavy (non-hydrogen) atoms. The van der Waals surface area contributed by atoms with Crippen molar-refractivity contribution in [1.29, 1.82) is 0 Å². The van der Waals surface area contributed by atoms with Crippen LogP contribution in [0, 0.1) is 0 Å². The summed E-state index contributed by atoms with van der Waals surface area (Å²) in [4.78, 5) is 4.13. The van der Waals surface area contributed by atoms with E-state index in [-0.39, 0.29) is 5.60 Å². The van der Waals surface area contributed by atoms with E-state index in [1.54, 1.807) is 6.20 Å². The van der Waals surface area contributed by atoms with E-state index in [1.807, 2.05) is 31.5 Å². The number of nitrogens with two attached hydrogens (primary N) is 1. The van der Waals surface area contributed by atoms with Gasteiger partial charge in [0.05, 0.1) is 18.8 Å². The molecule has 0 amide bonds. The SMILES string of the molecule is CC(C)(C)OCCn1ccnc1CN. The van der Waals surface area contributed by atoms with E-state index in [0.29, 0.717) is 13.2 Å². The van der Waals surface area contributed by atoms with Gasteiger partial charge in [0.15, 0.2) is 0 Å². The van der Waals surface area contributed by atoms with Gasteiger partial charge in [-0.2, -0.15) is 0 Å². The predicted octanol–water partition coefficient (Wildman–Crippen LogP) is 1.16. The van der Waals surface area contributed by atoms with Crippen molar-refractivity contribution in [3.05, 3.63) is 18.2 Å². The van der Waals surface area contributed by atoms with Gasteiger partial charge in [-0.25, -0.2) is 4.98 Å². The summed E-state index contributed by atoms with van der Waals surface area (Å²) in [5.41, 5.74) is 5.45. The normalized spacial score (nSPS) is 12.0. The van der Waals surface area contributed by atoms with Crippen LogP contribution < -0.4 is 5.73 Å². The number of aromatic nitrogens is 2. The zero-order chi connectivity index (χ0) is 10.6. The van der Waals surface area contributed by atoms with Crippen LogP contribution in [0.3, 0.4) is 0 Å². The molecule has 80 valence electrons. The maximum atomic E-state index is 5.61. The zero-order valence-electron chi connectivity index (χ0n) is 9.16. The second kappa shape index (κ2) is 4.57. The Morgan fingerprint density at radius 2 is 2.21 bits per heavy atom. The van der Waals surface area contributed by atoms with Gasteiger partial charge >= 0.3 is 0 Å². The van der Waals surface area contributed by atoms with Gasteiger partial charge in [-0.3, -0.25) is 0 Å². The van der Waals surface area contributed by atoms with Crippen LogP contribution in [0.5, 0.6) is 0 Å². The van der Waals surface area contributed by atoms with E-state index in [2.05, 4.69) is 4.98 Å². The third-order valence-electron chi connectivity index (χ3n) is 1.85. The van der Waals surface area contributed by atoms with E-state index in [4.69, 9.17) is 10.5 Å². The lowest BCUT2D eigenvalue weighted by Gasteiger charge is -2.19. The molecule has 0 atom stereocenters. The molecule has 0 spiro atoms. The van der Waals surface area contributed by atoms with Crippen LogP contribution in [0.25, 0.3) is 0 Å². The molecule has 2 N–H and O–H groups in total. The lowest BCUT2D eigenvalue weighted by Crippen LogP contribution is -2.22. The fourth-order valence-corrected chi connectivity index (χ4v) is 1.18. The monoisotopic (exact) mass is 197 g/mol. The van der Waals surface area contributed by atoms with Crippen LogP contribution in [0.2, 0.25) is 0 Å². The molecule has 0 aliphatic carbocycles. The lowest BCUT2D eigenvalue weighted by molar-refractivity contribution is -0.00706. The van der Waals surface area contributed by atoms with Gasteiger partial charge in [-0.05, 0) is 20.8 Å². The molecule has 0 aliphatic rings. The van der Waals surface area contributed by atoms with Crippen molar-refractivity contribution in [2.24, 2.45) is 5.73 Å². The third kappa shape index (κ3) is 3.47. The van der Waals surface area contributed by atoms with Crippen LogP contribution in [0.4, 0.5) is 0 Å². The molecule has 1 rings (SSSR count). The Balaban J connectivity index is 2.38. The number of hydrogen-bond donors (Lipinski definition) is 1. The summed E-state index contributed by atoms with van der Waals surface area (Å²) in [6.07, 6.45) is 3.69. The van der Waals surface area contributed by atoms with Gasteiger partial charge in [0.25, 0.3) is 0 Å². The first kappa shape index (κ1) is 11.2. The lowest BCUT2D eigenvalue weighted by atomic mass is 10.2. The first-order chi connectivity index (χ1) is 6.53. The van der Waals surface area contributed by atoms with E-state index < -0.39 is 0 Å². The second-order valence-corrected chi connectivity index (χ2v) is 4.20. The molecule has 0 saturated heterocycles. The van der Waals surface area contributed by atoms with Crippen molar-refractivity contribution < 1.29 is 4.74 Å². The largest absolute Gasteiger partial charge is 0.374 e. The molecule has 4 nitrogen and oxygen atoms in total. The molecule has 1 aromatic rings. The topological polar surface area (TPSA) is 53.1 Å². The van der Waals surface area contributed by atoms with Crippen molar-refractivity contribution in [1.82, 2.24) is 9.55 Å². The molecule has 0 bridgehead atoms. The number of imidazole rings is 1. The maximum Gasteiger partial charge on any atom is 0.122 e. The number of ether oxygens (including phenoxy) is 1. The van der Waals surface area contributed by atoms with E-state index in [0.717, 1.165) is 12.4 Å². The first-order valence-corrected chi connectivity index (χ1v) is 4.87. The number of nitrogens with zero attached hydrogens (tertiary/aromatic N) is 2. The third-order valence-corrected chi connectivity index (χ3v) is 1.85. The molecule has 1 aromatic heterocycles. The first-order valence-electron chi connectivity index (χ1n) is 4.87. The maximum absolute atomic E-state index is 5.61. The highest BCUT2D eigenvalue weighted by molar-refractivity contribution is 4.90. The molecule has 1 heterocycles. The van der Waals surface area contributed by atoms with Crippen molar-refractivity contribution in [3.8, 4) is 0 Å². The minimum atomic E-state index is -0.0799. The second-order valence-electron chi connectivity index (χ2n) is 4.20. The number of hydrogen-bond acceptors (Lipinski definition) is 3. The van der Waals surface area contributed by atoms with E-state index in [9.17, 15) is 0 Å². The van der Waals surface area contributed by atoms with Crippen molar-refractivity contribution >= 4 is 0 Å². The molecule has 0 radical (unpaired) electrons. The van der Waals surface area contributed by atoms with Gasteiger partial charge in [0, 0.05) is 18.9 Å². The quantitative estimate of drug-likeness (QED) is 0.788. The van der Waals surface area contributed by atoms with Crippen molar-refractivity contribution in [2.45, 2.75) is 39.5 Å². The van der Waals surface area contributed by atoms with Crippen LogP contribution >= 0.6 is 0 Å². The Kier molecular flexibility index (Phi) is 3.66. The summed E-state index contributed by atoms with van der Waals surface area (Å²) >= 11 is 0. The molecule has 0 aromatic carbocycles. The summed E-state index contributed by atoms with van der Waals surface area (Å²) in [7, 11) is 0. The van der Waals surface area contributed by atoms with E-state index >= 15 is 0 Å². The fraction of sp³-hybridized carbons (Fsp3) is 0.700. The summed E-state index contributed by atoms with van der Waals surface area (Å²) in [6, 6.07) is 0. The molecule has 0 saturated carbocycles. The predicted molar refractivity (Wildman–Crippen MR) is 55.8 cm³/mol. The molecular weight excluding hydrogens is 178 g/mol.